The van der Waals surface area contributed by atoms with Crippen LogP contribution in [0.5, 0.6) is 0 Å². The lowest BCUT2D eigenvalue weighted by Crippen LogP contribution is -2.21. The maximum Gasteiger partial charge on any atom is 0.338 e. The summed E-state index contributed by atoms with van der Waals surface area (Å²) in [6.07, 6.45) is 7.62. The molecular formula is C19H24O6. The third-order valence-electron chi connectivity index (χ3n) is 4.52. The average molecular weight is 348 g/mol. The number of carbonyl (C=O) groups is 2. The lowest BCUT2D eigenvalue weighted by Gasteiger charge is -2.33. The summed E-state index contributed by atoms with van der Waals surface area (Å²) in [7, 11) is 0. The van der Waals surface area contributed by atoms with Crippen LogP contribution in [0.25, 0.3) is 0 Å². The molecule has 0 aromatic heterocycles. The van der Waals surface area contributed by atoms with Crippen molar-refractivity contribution >= 4 is 11.9 Å². The first-order valence-corrected chi connectivity index (χ1v) is 8.24. The van der Waals surface area contributed by atoms with E-state index in [0.29, 0.717) is 5.57 Å². The molecule has 2 rings (SSSR count). The van der Waals surface area contributed by atoms with Crippen molar-refractivity contribution in [3.63, 3.8) is 0 Å². The van der Waals surface area contributed by atoms with Gasteiger partial charge in [-0.15, -0.1) is 0 Å². The smallest absolute Gasteiger partial charge is 0.338 e. The van der Waals surface area contributed by atoms with E-state index in [1.54, 1.807) is 13.0 Å². The lowest BCUT2D eigenvalue weighted by molar-refractivity contribution is -0.152. The highest BCUT2D eigenvalue weighted by Gasteiger charge is 2.28. The normalized spacial score (nSPS) is 23.7. The number of carbonyl (C=O) groups excluding carboxylic acids is 1. The van der Waals surface area contributed by atoms with Gasteiger partial charge in [-0.2, -0.15) is 0 Å². The van der Waals surface area contributed by atoms with Crippen LogP contribution in [0.3, 0.4) is 0 Å². The van der Waals surface area contributed by atoms with Crippen molar-refractivity contribution in [3.05, 3.63) is 46.8 Å². The second-order valence-electron chi connectivity index (χ2n) is 6.88. The van der Waals surface area contributed by atoms with Gasteiger partial charge in [-0.3, -0.25) is 0 Å². The molecule has 6 heteroatoms. The minimum absolute atomic E-state index is 0.0339. The molecule has 0 fully saturated rings. The summed E-state index contributed by atoms with van der Waals surface area (Å²) in [6, 6.07) is 0. The van der Waals surface area contributed by atoms with E-state index in [1.165, 1.54) is 12.2 Å². The summed E-state index contributed by atoms with van der Waals surface area (Å²) in [6.45, 7) is 5.72. The first-order valence-electron chi connectivity index (χ1n) is 8.24. The van der Waals surface area contributed by atoms with Crippen molar-refractivity contribution in [3.8, 4) is 0 Å². The molecule has 0 saturated carbocycles. The largest absolute Gasteiger partial charge is 0.478 e. The molecule has 0 unspecified atom stereocenters. The summed E-state index contributed by atoms with van der Waals surface area (Å²) in [5, 5.41) is 18.9. The van der Waals surface area contributed by atoms with Gasteiger partial charge in [0.05, 0.1) is 12.2 Å². The predicted molar refractivity (Wildman–Crippen MR) is 91.3 cm³/mol. The highest BCUT2D eigenvalue weighted by molar-refractivity contribution is 5.90. The van der Waals surface area contributed by atoms with Crippen LogP contribution >= 0.6 is 0 Å². The molecule has 0 aromatic carbocycles. The number of aliphatic hydroxyl groups is 1. The highest BCUT2D eigenvalue weighted by atomic mass is 16.7. The number of allylic oxidation sites excluding steroid dienone is 2. The molecular weight excluding hydrogens is 324 g/mol. The minimum atomic E-state index is -1.15. The first-order chi connectivity index (χ1) is 11.7. The summed E-state index contributed by atoms with van der Waals surface area (Å²) >= 11 is 0. The molecule has 0 amide bonds. The lowest BCUT2D eigenvalue weighted by atomic mass is 9.72. The Morgan fingerprint density at radius 3 is 2.76 bits per heavy atom. The van der Waals surface area contributed by atoms with Gasteiger partial charge in [-0.1, -0.05) is 19.9 Å². The van der Waals surface area contributed by atoms with Crippen LogP contribution in [0, 0.1) is 5.41 Å². The Balaban J connectivity index is 2.19. The number of esters is 1. The number of cyclic esters (lactones) is 1. The maximum absolute atomic E-state index is 11.4. The molecule has 136 valence electrons. The number of hydrogen-bond acceptors (Lipinski definition) is 5. The molecule has 2 N–H and O–H groups in total. The minimum Gasteiger partial charge on any atom is -0.478 e. The van der Waals surface area contributed by atoms with Crippen LogP contribution < -0.4 is 0 Å². The molecule has 0 bridgehead atoms. The second kappa shape index (κ2) is 7.70. The Morgan fingerprint density at radius 1 is 1.48 bits per heavy atom. The SMILES string of the molecule is CC1=C[C@H](O/C=C(\C=C\C2=C(CO)CCCC2(C)C)C(=O)O)OC1=O. The van der Waals surface area contributed by atoms with E-state index in [-0.39, 0.29) is 17.6 Å². The second-order valence-corrected chi connectivity index (χ2v) is 6.88. The number of hydrogen-bond donors (Lipinski definition) is 2. The molecule has 1 aliphatic heterocycles. The highest BCUT2D eigenvalue weighted by Crippen LogP contribution is 2.40. The van der Waals surface area contributed by atoms with Gasteiger partial charge >= 0.3 is 11.9 Å². The van der Waals surface area contributed by atoms with Gasteiger partial charge in [0.1, 0.15) is 6.26 Å². The van der Waals surface area contributed by atoms with E-state index in [2.05, 4.69) is 13.8 Å². The number of ether oxygens (including phenoxy) is 2. The maximum atomic E-state index is 11.4. The zero-order chi connectivity index (χ0) is 18.6. The molecule has 6 nitrogen and oxygen atoms in total. The Labute approximate surface area is 147 Å². The Hall–Kier alpha value is -2.34. The third kappa shape index (κ3) is 4.60. The summed E-state index contributed by atoms with van der Waals surface area (Å²) < 4.78 is 10.1. The van der Waals surface area contributed by atoms with Gasteiger partial charge in [-0.05, 0) is 48.8 Å². The Kier molecular flexibility index (Phi) is 5.85. The zero-order valence-electron chi connectivity index (χ0n) is 14.7. The quantitative estimate of drug-likeness (QED) is 0.332. The van der Waals surface area contributed by atoms with E-state index >= 15 is 0 Å². The summed E-state index contributed by atoms with van der Waals surface area (Å²) in [5.41, 5.74) is 2.11. The fourth-order valence-corrected chi connectivity index (χ4v) is 3.05. The van der Waals surface area contributed by atoms with Crippen LogP contribution in [-0.4, -0.2) is 35.0 Å². The van der Waals surface area contributed by atoms with Gasteiger partial charge in [0.15, 0.2) is 0 Å². The molecule has 0 spiro atoms. The number of aliphatic carboxylic acids is 1. The van der Waals surface area contributed by atoms with Crippen molar-refractivity contribution in [2.75, 3.05) is 6.61 Å². The van der Waals surface area contributed by atoms with Crippen molar-refractivity contribution in [1.29, 1.82) is 0 Å². The van der Waals surface area contributed by atoms with Crippen LogP contribution in [0.15, 0.2) is 46.8 Å². The zero-order valence-corrected chi connectivity index (χ0v) is 14.7. The number of carboxylic acid groups (broad SMARTS) is 1. The fraction of sp³-hybridized carbons (Fsp3) is 0.474. The van der Waals surface area contributed by atoms with Crippen molar-refractivity contribution in [2.24, 2.45) is 5.41 Å². The van der Waals surface area contributed by atoms with E-state index < -0.39 is 18.2 Å². The number of carboxylic acids is 1. The van der Waals surface area contributed by atoms with Crippen LogP contribution in [0.1, 0.15) is 40.0 Å². The monoisotopic (exact) mass is 348 g/mol. The standard InChI is InChI=1S/C19H24O6/c1-12-9-16(25-18(12)23)24-11-14(17(21)22)6-7-15-13(10-20)5-4-8-19(15,2)3/h6-7,9,11,16,20H,4-5,8,10H2,1-3H3,(H,21,22)/b7-6+,14-11+/t16-/m1/s1. The van der Waals surface area contributed by atoms with E-state index in [1.807, 2.05) is 0 Å². The average Bonchev–Trinajstić information content (AvgIpc) is 2.85. The van der Waals surface area contributed by atoms with Gasteiger partial charge in [0, 0.05) is 11.6 Å². The van der Waals surface area contributed by atoms with Crippen molar-refractivity contribution in [2.45, 2.75) is 46.3 Å². The van der Waals surface area contributed by atoms with Gasteiger partial charge in [0.2, 0.25) is 0 Å². The Morgan fingerprint density at radius 2 is 2.20 bits per heavy atom. The summed E-state index contributed by atoms with van der Waals surface area (Å²) in [4.78, 5) is 22.7. The molecule has 1 atom stereocenters. The summed E-state index contributed by atoms with van der Waals surface area (Å²) in [5.74, 6) is -1.63. The predicted octanol–water partition coefficient (Wildman–Crippen LogP) is 2.86. The van der Waals surface area contributed by atoms with Gasteiger partial charge in [0.25, 0.3) is 6.29 Å². The van der Waals surface area contributed by atoms with Crippen LogP contribution in [0.2, 0.25) is 0 Å². The molecule has 1 aliphatic carbocycles. The van der Waals surface area contributed by atoms with E-state index in [9.17, 15) is 19.8 Å². The van der Waals surface area contributed by atoms with Crippen LogP contribution in [-0.2, 0) is 19.1 Å². The Bertz CT molecular complexity index is 678. The topological polar surface area (TPSA) is 93.1 Å². The van der Waals surface area contributed by atoms with E-state index in [0.717, 1.165) is 36.7 Å². The molecule has 0 radical (unpaired) electrons. The molecule has 1 heterocycles. The molecule has 2 aliphatic rings. The van der Waals surface area contributed by atoms with Crippen LogP contribution in [0.4, 0.5) is 0 Å². The first kappa shape index (κ1) is 19.0. The number of rotatable bonds is 6. The van der Waals surface area contributed by atoms with Crippen molar-refractivity contribution < 1.29 is 29.3 Å². The molecule has 0 saturated heterocycles. The molecule has 25 heavy (non-hydrogen) atoms. The third-order valence-corrected chi connectivity index (χ3v) is 4.52. The van der Waals surface area contributed by atoms with Crippen molar-refractivity contribution in [1.82, 2.24) is 0 Å². The fourth-order valence-electron chi connectivity index (χ4n) is 3.05. The molecule has 0 aromatic rings. The number of aliphatic hydroxyl groups excluding tert-OH is 1. The van der Waals surface area contributed by atoms with Gasteiger partial charge in [-0.25, -0.2) is 9.59 Å². The van der Waals surface area contributed by atoms with Gasteiger partial charge < -0.3 is 19.7 Å². The van der Waals surface area contributed by atoms with E-state index in [4.69, 9.17) is 9.47 Å².